The number of aromatic hydroxyl groups is 1. The number of hydrogen-bond acceptors (Lipinski definition) is 5. The van der Waals surface area contributed by atoms with E-state index >= 15 is 0 Å². The van der Waals surface area contributed by atoms with Gasteiger partial charge in [0.1, 0.15) is 10.6 Å². The van der Waals surface area contributed by atoms with Crippen LogP contribution in [-0.4, -0.2) is 18.4 Å². The second kappa shape index (κ2) is 5.70. The highest BCUT2D eigenvalue weighted by Crippen LogP contribution is 2.29. The first-order chi connectivity index (χ1) is 9.79. The van der Waals surface area contributed by atoms with E-state index in [0.29, 0.717) is 0 Å². The maximum atomic E-state index is 12.2. The van der Waals surface area contributed by atoms with Crippen LogP contribution in [0.1, 0.15) is 0 Å². The molecule has 0 saturated carbocycles. The van der Waals surface area contributed by atoms with Crippen molar-refractivity contribution in [3.8, 4) is 5.75 Å². The first-order valence-electron chi connectivity index (χ1n) is 5.55. The molecule has 110 valence electrons. The maximum Gasteiger partial charge on any atom is 0.271 e. The van der Waals surface area contributed by atoms with Gasteiger partial charge < -0.3 is 5.11 Å². The number of halogens is 1. The van der Waals surface area contributed by atoms with E-state index in [4.69, 9.17) is 0 Å². The van der Waals surface area contributed by atoms with Crippen molar-refractivity contribution in [3.05, 3.63) is 57.1 Å². The molecule has 9 heteroatoms. The zero-order valence-corrected chi connectivity index (χ0v) is 12.8. The normalized spacial score (nSPS) is 11.1. The molecule has 2 aromatic rings. The summed E-state index contributed by atoms with van der Waals surface area (Å²) in [5.41, 5.74) is -0.159. The maximum absolute atomic E-state index is 12.2. The summed E-state index contributed by atoms with van der Waals surface area (Å²) in [6.45, 7) is 0. The SMILES string of the molecule is O=[N+]([O-])c1ccc(O)c(S(=O)(=O)Nc2ccc(Br)cc2)c1. The smallest absolute Gasteiger partial charge is 0.271 e. The number of benzene rings is 2. The Morgan fingerprint density at radius 3 is 2.33 bits per heavy atom. The third kappa shape index (κ3) is 3.50. The average Bonchev–Trinajstić information content (AvgIpc) is 2.41. The average molecular weight is 373 g/mol. The fraction of sp³-hybridized carbons (Fsp3) is 0. The summed E-state index contributed by atoms with van der Waals surface area (Å²) in [5, 5.41) is 20.3. The summed E-state index contributed by atoms with van der Waals surface area (Å²) in [4.78, 5) is 9.40. The lowest BCUT2D eigenvalue weighted by atomic mass is 10.3. The van der Waals surface area contributed by atoms with Crippen LogP contribution < -0.4 is 4.72 Å². The molecule has 0 saturated heterocycles. The molecular weight excluding hydrogens is 364 g/mol. The van der Waals surface area contributed by atoms with Gasteiger partial charge in [0.25, 0.3) is 15.7 Å². The second-order valence-electron chi connectivity index (χ2n) is 4.02. The lowest BCUT2D eigenvalue weighted by Gasteiger charge is -2.09. The Morgan fingerprint density at radius 1 is 1.14 bits per heavy atom. The van der Waals surface area contributed by atoms with Crippen molar-refractivity contribution in [2.24, 2.45) is 0 Å². The molecule has 0 aliphatic rings. The predicted molar refractivity (Wildman–Crippen MR) is 79.7 cm³/mol. The molecule has 0 spiro atoms. The van der Waals surface area contributed by atoms with E-state index in [-0.39, 0.29) is 5.69 Å². The number of non-ortho nitro benzene ring substituents is 1. The molecule has 2 aromatic carbocycles. The minimum Gasteiger partial charge on any atom is -0.507 e. The Balaban J connectivity index is 2.41. The zero-order valence-electron chi connectivity index (χ0n) is 10.4. The zero-order chi connectivity index (χ0) is 15.6. The minimum absolute atomic E-state index is 0.268. The molecule has 0 aliphatic carbocycles. The van der Waals surface area contributed by atoms with Gasteiger partial charge in [-0.2, -0.15) is 0 Å². The molecule has 0 aliphatic heterocycles. The predicted octanol–water partition coefficient (Wildman–Crippen LogP) is 2.86. The number of anilines is 1. The van der Waals surface area contributed by atoms with Crippen LogP contribution in [0.4, 0.5) is 11.4 Å². The molecule has 2 rings (SSSR count). The van der Waals surface area contributed by atoms with Crippen LogP contribution in [0.25, 0.3) is 0 Å². The number of phenolic OH excluding ortho intramolecular Hbond substituents is 1. The van der Waals surface area contributed by atoms with Gasteiger partial charge in [-0.15, -0.1) is 0 Å². The monoisotopic (exact) mass is 372 g/mol. The molecule has 0 radical (unpaired) electrons. The molecule has 7 nitrogen and oxygen atoms in total. The van der Waals surface area contributed by atoms with Crippen LogP contribution >= 0.6 is 15.9 Å². The highest BCUT2D eigenvalue weighted by atomic mass is 79.9. The van der Waals surface area contributed by atoms with Gasteiger partial charge in [-0.3, -0.25) is 14.8 Å². The second-order valence-corrected chi connectivity index (χ2v) is 6.59. The van der Waals surface area contributed by atoms with Crippen molar-refractivity contribution < 1.29 is 18.4 Å². The number of sulfonamides is 1. The highest BCUT2D eigenvalue weighted by molar-refractivity contribution is 9.10. The van der Waals surface area contributed by atoms with Crippen LogP contribution in [0.15, 0.2) is 51.8 Å². The van der Waals surface area contributed by atoms with E-state index in [1.807, 2.05) is 0 Å². The van der Waals surface area contributed by atoms with Gasteiger partial charge in [0.15, 0.2) is 0 Å². The molecule has 0 atom stereocenters. The Labute approximate surface area is 128 Å². The fourth-order valence-electron chi connectivity index (χ4n) is 1.56. The molecule has 21 heavy (non-hydrogen) atoms. The first-order valence-corrected chi connectivity index (χ1v) is 7.83. The summed E-state index contributed by atoms with van der Waals surface area (Å²) < 4.78 is 27.4. The number of nitrogens with zero attached hydrogens (tertiary/aromatic N) is 1. The Bertz CT molecular complexity index is 790. The third-order valence-electron chi connectivity index (χ3n) is 2.54. The molecule has 2 N–H and O–H groups in total. The van der Waals surface area contributed by atoms with Gasteiger partial charge >= 0.3 is 0 Å². The van der Waals surface area contributed by atoms with Gasteiger partial charge in [-0.25, -0.2) is 8.42 Å². The fourth-order valence-corrected chi connectivity index (χ4v) is 3.00. The molecule has 0 amide bonds. The van der Waals surface area contributed by atoms with Crippen LogP contribution in [0.2, 0.25) is 0 Å². The molecule has 0 unspecified atom stereocenters. The van der Waals surface area contributed by atoms with Crippen molar-refractivity contribution in [3.63, 3.8) is 0 Å². The largest absolute Gasteiger partial charge is 0.507 e. The Morgan fingerprint density at radius 2 is 1.76 bits per heavy atom. The summed E-state index contributed by atoms with van der Waals surface area (Å²) >= 11 is 3.21. The third-order valence-corrected chi connectivity index (χ3v) is 4.48. The molecule has 0 heterocycles. The van der Waals surface area contributed by atoms with Gasteiger partial charge in [0.2, 0.25) is 0 Å². The van der Waals surface area contributed by atoms with E-state index in [1.54, 1.807) is 12.1 Å². The lowest BCUT2D eigenvalue weighted by molar-refractivity contribution is -0.385. The van der Waals surface area contributed by atoms with Gasteiger partial charge in [0.05, 0.1) is 4.92 Å². The number of nitro groups is 1. The minimum atomic E-state index is -4.13. The van der Waals surface area contributed by atoms with Gasteiger partial charge in [0, 0.05) is 22.3 Å². The number of phenols is 1. The lowest BCUT2D eigenvalue weighted by Crippen LogP contribution is -2.13. The van der Waals surface area contributed by atoms with E-state index in [2.05, 4.69) is 20.7 Å². The van der Waals surface area contributed by atoms with Crippen molar-refractivity contribution >= 4 is 37.3 Å². The Kier molecular flexibility index (Phi) is 4.14. The van der Waals surface area contributed by atoms with Crippen molar-refractivity contribution in [1.82, 2.24) is 0 Å². The summed E-state index contributed by atoms with van der Waals surface area (Å²) in [6, 6.07) is 9.07. The number of hydrogen-bond donors (Lipinski definition) is 2. The standard InChI is InChI=1S/C12H9BrN2O5S/c13-8-1-3-9(4-2-8)14-21(19,20)12-7-10(15(17)18)5-6-11(12)16/h1-7,14,16H. The quantitative estimate of drug-likeness (QED) is 0.633. The molecular formula is C12H9BrN2O5S. The van der Waals surface area contributed by atoms with E-state index < -0.39 is 31.3 Å². The molecule has 0 bridgehead atoms. The molecule has 0 aromatic heterocycles. The van der Waals surface area contributed by atoms with Crippen LogP contribution in [0.3, 0.4) is 0 Å². The first kappa shape index (κ1) is 15.3. The van der Waals surface area contributed by atoms with E-state index in [9.17, 15) is 23.6 Å². The highest BCUT2D eigenvalue weighted by Gasteiger charge is 2.22. The van der Waals surface area contributed by atoms with Crippen LogP contribution in [0, 0.1) is 10.1 Å². The van der Waals surface area contributed by atoms with Crippen LogP contribution in [0.5, 0.6) is 5.75 Å². The van der Waals surface area contributed by atoms with E-state index in [1.165, 1.54) is 12.1 Å². The number of nitrogens with one attached hydrogen (secondary N) is 1. The topological polar surface area (TPSA) is 110 Å². The van der Waals surface area contributed by atoms with Gasteiger partial charge in [-0.1, -0.05) is 15.9 Å². The van der Waals surface area contributed by atoms with E-state index in [0.717, 1.165) is 22.7 Å². The van der Waals surface area contributed by atoms with Gasteiger partial charge in [-0.05, 0) is 30.3 Å². The molecule has 0 fully saturated rings. The number of nitro benzene ring substituents is 1. The summed E-state index contributed by atoms with van der Waals surface area (Å²) in [7, 11) is -4.13. The van der Waals surface area contributed by atoms with Crippen molar-refractivity contribution in [1.29, 1.82) is 0 Å². The van der Waals surface area contributed by atoms with Crippen molar-refractivity contribution in [2.75, 3.05) is 4.72 Å². The summed E-state index contributed by atoms with van der Waals surface area (Å²) in [5.74, 6) is -0.565. The summed E-state index contributed by atoms with van der Waals surface area (Å²) in [6.07, 6.45) is 0. The number of rotatable bonds is 4. The Hall–Kier alpha value is -2.13. The van der Waals surface area contributed by atoms with Crippen LogP contribution in [-0.2, 0) is 10.0 Å². The van der Waals surface area contributed by atoms with Crippen molar-refractivity contribution in [2.45, 2.75) is 4.90 Å².